The Hall–Kier alpha value is -2.38. The number of hydrogen-bond acceptors (Lipinski definition) is 5. The molecule has 0 bridgehead atoms. The molecule has 0 unspecified atom stereocenters. The Morgan fingerprint density at radius 2 is 1.73 bits per heavy atom. The first-order chi connectivity index (χ1) is 14.2. The van der Waals surface area contributed by atoms with Crippen molar-refractivity contribution in [1.29, 1.82) is 0 Å². The Labute approximate surface area is 183 Å². The van der Waals surface area contributed by atoms with Crippen LogP contribution in [0, 0.1) is 11.7 Å². The lowest BCUT2D eigenvalue weighted by Gasteiger charge is -2.36. The number of rotatable bonds is 5. The fourth-order valence-electron chi connectivity index (χ4n) is 4.01. The van der Waals surface area contributed by atoms with E-state index in [1.54, 1.807) is 0 Å². The molecular formula is C22H29ClFN5O. The molecule has 162 valence electrons. The van der Waals surface area contributed by atoms with Crippen molar-refractivity contribution in [2.24, 2.45) is 5.92 Å². The Kier molecular flexibility index (Phi) is 7.87. The molecule has 6 nitrogen and oxygen atoms in total. The van der Waals surface area contributed by atoms with Crippen LogP contribution in [-0.4, -0.2) is 50.2 Å². The monoisotopic (exact) mass is 433 g/mol. The number of anilines is 2. The molecular weight excluding hydrogens is 405 g/mol. The van der Waals surface area contributed by atoms with Crippen molar-refractivity contribution in [1.82, 2.24) is 15.6 Å². The summed E-state index contributed by atoms with van der Waals surface area (Å²) in [6.45, 7) is 5.81. The van der Waals surface area contributed by atoms with Gasteiger partial charge in [0.1, 0.15) is 11.6 Å². The average Bonchev–Trinajstić information content (AvgIpc) is 2.79. The van der Waals surface area contributed by atoms with Gasteiger partial charge in [-0.05, 0) is 67.9 Å². The number of aromatic nitrogens is 1. The first-order valence-electron chi connectivity index (χ1n) is 10.4. The summed E-state index contributed by atoms with van der Waals surface area (Å²) < 4.78 is 13.1. The average molecular weight is 434 g/mol. The predicted octanol–water partition coefficient (Wildman–Crippen LogP) is 2.58. The van der Waals surface area contributed by atoms with E-state index in [0.717, 1.165) is 69.2 Å². The van der Waals surface area contributed by atoms with Crippen molar-refractivity contribution in [3.8, 4) is 0 Å². The van der Waals surface area contributed by atoms with Crippen molar-refractivity contribution in [2.45, 2.75) is 19.4 Å². The molecule has 2 saturated heterocycles. The summed E-state index contributed by atoms with van der Waals surface area (Å²) in [5.41, 5.74) is 2.12. The second-order valence-corrected chi connectivity index (χ2v) is 7.71. The summed E-state index contributed by atoms with van der Waals surface area (Å²) in [5, 5.41) is 6.37. The van der Waals surface area contributed by atoms with Gasteiger partial charge in [0, 0.05) is 50.5 Å². The highest BCUT2D eigenvalue weighted by Gasteiger charge is 2.21. The SMILES string of the molecule is Cl.O=C(NCc1ccnc(N2CCN(c3ccc(F)cc3)CC2)c1)C1CCNCC1. The molecule has 3 heterocycles. The third-order valence-electron chi connectivity index (χ3n) is 5.78. The molecule has 30 heavy (non-hydrogen) atoms. The normalized spacial score (nSPS) is 17.4. The van der Waals surface area contributed by atoms with E-state index in [-0.39, 0.29) is 30.0 Å². The van der Waals surface area contributed by atoms with Gasteiger partial charge < -0.3 is 20.4 Å². The fourth-order valence-corrected chi connectivity index (χ4v) is 4.01. The molecule has 0 atom stereocenters. The van der Waals surface area contributed by atoms with E-state index < -0.39 is 0 Å². The minimum absolute atomic E-state index is 0. The molecule has 0 saturated carbocycles. The maximum atomic E-state index is 13.1. The molecule has 2 aliphatic rings. The standard InChI is InChI=1S/C22H28FN5O.ClH/c23-19-1-3-20(4-2-19)27-11-13-28(14-12-27)21-15-17(5-10-25-21)16-26-22(29)18-6-8-24-9-7-18;/h1-5,10,15,18,24H,6-9,11-14,16H2,(H,26,29);1H. The Morgan fingerprint density at radius 3 is 2.43 bits per heavy atom. The van der Waals surface area contributed by atoms with Gasteiger partial charge in [0.05, 0.1) is 0 Å². The van der Waals surface area contributed by atoms with E-state index in [2.05, 4.69) is 31.5 Å². The number of carbonyl (C=O) groups is 1. The zero-order chi connectivity index (χ0) is 20.1. The molecule has 2 N–H and O–H groups in total. The summed E-state index contributed by atoms with van der Waals surface area (Å²) >= 11 is 0. The second-order valence-electron chi connectivity index (χ2n) is 7.71. The highest BCUT2D eigenvalue weighted by molar-refractivity contribution is 5.85. The molecule has 0 radical (unpaired) electrons. The number of piperidine rings is 1. The van der Waals surface area contributed by atoms with Gasteiger partial charge in [0.2, 0.25) is 5.91 Å². The number of nitrogens with zero attached hydrogens (tertiary/aromatic N) is 3. The van der Waals surface area contributed by atoms with E-state index >= 15 is 0 Å². The van der Waals surface area contributed by atoms with Crippen LogP contribution in [0.3, 0.4) is 0 Å². The lowest BCUT2D eigenvalue weighted by atomic mass is 9.97. The molecule has 1 aromatic heterocycles. The predicted molar refractivity (Wildman–Crippen MR) is 120 cm³/mol. The van der Waals surface area contributed by atoms with Crippen LogP contribution >= 0.6 is 12.4 Å². The fraction of sp³-hybridized carbons (Fsp3) is 0.455. The third-order valence-corrected chi connectivity index (χ3v) is 5.78. The van der Waals surface area contributed by atoms with Crippen LogP contribution in [0.25, 0.3) is 0 Å². The zero-order valence-electron chi connectivity index (χ0n) is 17.0. The molecule has 2 fully saturated rings. The number of halogens is 2. The van der Waals surface area contributed by atoms with Crippen LogP contribution in [0.2, 0.25) is 0 Å². The summed E-state index contributed by atoms with van der Waals surface area (Å²) in [6.07, 6.45) is 3.63. The number of piperazine rings is 1. The number of hydrogen-bond donors (Lipinski definition) is 2. The van der Waals surface area contributed by atoms with Gasteiger partial charge in [-0.1, -0.05) is 0 Å². The van der Waals surface area contributed by atoms with Crippen molar-refractivity contribution in [2.75, 3.05) is 49.1 Å². The second kappa shape index (κ2) is 10.6. The quantitative estimate of drug-likeness (QED) is 0.759. The summed E-state index contributed by atoms with van der Waals surface area (Å²) in [7, 11) is 0. The van der Waals surface area contributed by atoms with Crippen LogP contribution in [0.5, 0.6) is 0 Å². The highest BCUT2D eigenvalue weighted by Crippen LogP contribution is 2.20. The first-order valence-corrected chi connectivity index (χ1v) is 10.4. The van der Waals surface area contributed by atoms with Crippen LogP contribution < -0.4 is 20.4 Å². The lowest BCUT2D eigenvalue weighted by molar-refractivity contribution is -0.125. The smallest absolute Gasteiger partial charge is 0.223 e. The van der Waals surface area contributed by atoms with Crippen molar-refractivity contribution < 1.29 is 9.18 Å². The molecule has 2 aliphatic heterocycles. The number of pyridine rings is 1. The van der Waals surface area contributed by atoms with E-state index in [9.17, 15) is 9.18 Å². The number of carbonyl (C=O) groups excluding carboxylic acids is 1. The van der Waals surface area contributed by atoms with E-state index in [1.165, 1.54) is 12.1 Å². The van der Waals surface area contributed by atoms with Crippen molar-refractivity contribution in [3.63, 3.8) is 0 Å². The maximum Gasteiger partial charge on any atom is 0.223 e. The van der Waals surface area contributed by atoms with Crippen LogP contribution in [0.1, 0.15) is 18.4 Å². The number of amides is 1. The largest absolute Gasteiger partial charge is 0.368 e. The number of nitrogens with one attached hydrogen (secondary N) is 2. The molecule has 8 heteroatoms. The lowest BCUT2D eigenvalue weighted by Crippen LogP contribution is -2.46. The molecule has 2 aromatic rings. The topological polar surface area (TPSA) is 60.5 Å². The van der Waals surface area contributed by atoms with Crippen LogP contribution in [-0.2, 0) is 11.3 Å². The van der Waals surface area contributed by atoms with Crippen LogP contribution in [0.15, 0.2) is 42.6 Å². The van der Waals surface area contributed by atoms with Gasteiger partial charge in [-0.25, -0.2) is 9.37 Å². The molecule has 0 aliphatic carbocycles. The Balaban J connectivity index is 0.00000256. The first kappa shape index (κ1) is 22.3. The number of benzene rings is 1. The minimum Gasteiger partial charge on any atom is -0.368 e. The van der Waals surface area contributed by atoms with E-state index in [1.807, 2.05) is 24.4 Å². The Bertz CT molecular complexity index is 821. The molecule has 4 rings (SSSR count). The van der Waals surface area contributed by atoms with Crippen molar-refractivity contribution in [3.05, 3.63) is 54.0 Å². The molecule has 1 amide bonds. The molecule has 1 aromatic carbocycles. The van der Waals surface area contributed by atoms with Gasteiger partial charge in [0.25, 0.3) is 0 Å². The van der Waals surface area contributed by atoms with Gasteiger partial charge in [-0.15, -0.1) is 12.4 Å². The Morgan fingerprint density at radius 1 is 1.07 bits per heavy atom. The van der Waals surface area contributed by atoms with Gasteiger partial charge >= 0.3 is 0 Å². The highest BCUT2D eigenvalue weighted by atomic mass is 35.5. The summed E-state index contributed by atoms with van der Waals surface area (Å²) in [6, 6.07) is 10.7. The molecule has 0 spiro atoms. The maximum absolute atomic E-state index is 13.1. The van der Waals surface area contributed by atoms with Gasteiger partial charge in [-0.2, -0.15) is 0 Å². The summed E-state index contributed by atoms with van der Waals surface area (Å²) in [5.74, 6) is 1.01. The third kappa shape index (κ3) is 5.61. The van der Waals surface area contributed by atoms with Crippen LogP contribution in [0.4, 0.5) is 15.9 Å². The summed E-state index contributed by atoms with van der Waals surface area (Å²) in [4.78, 5) is 21.4. The zero-order valence-corrected chi connectivity index (χ0v) is 17.8. The van der Waals surface area contributed by atoms with Gasteiger partial charge in [-0.3, -0.25) is 4.79 Å². The van der Waals surface area contributed by atoms with E-state index in [0.29, 0.717) is 6.54 Å². The van der Waals surface area contributed by atoms with E-state index in [4.69, 9.17) is 0 Å². The van der Waals surface area contributed by atoms with Crippen molar-refractivity contribution >= 4 is 29.8 Å². The van der Waals surface area contributed by atoms with Gasteiger partial charge in [0.15, 0.2) is 0 Å². The minimum atomic E-state index is -0.208.